The van der Waals surface area contributed by atoms with Gasteiger partial charge in [0.05, 0.1) is 29.9 Å². The third-order valence-corrected chi connectivity index (χ3v) is 2.59. The molecule has 6 heteroatoms. The smallest absolute Gasteiger partial charge is 0.305 e. The Labute approximate surface area is 109 Å². The number of para-hydroxylation sites is 1. The number of pyridine rings is 1. The maximum Gasteiger partial charge on any atom is 0.305 e. The van der Waals surface area contributed by atoms with Gasteiger partial charge in [0.15, 0.2) is 0 Å². The van der Waals surface area contributed by atoms with E-state index in [9.17, 15) is 9.59 Å². The minimum atomic E-state index is -1.11. The van der Waals surface area contributed by atoms with E-state index in [0.29, 0.717) is 5.69 Å². The van der Waals surface area contributed by atoms with Crippen LogP contribution >= 0.6 is 0 Å². The van der Waals surface area contributed by atoms with Gasteiger partial charge in [0, 0.05) is 5.39 Å². The first kappa shape index (κ1) is 13.0. The van der Waals surface area contributed by atoms with Gasteiger partial charge < -0.3 is 16.2 Å². The molecule has 1 atom stereocenters. The van der Waals surface area contributed by atoms with E-state index in [1.807, 2.05) is 24.3 Å². The van der Waals surface area contributed by atoms with E-state index in [1.54, 1.807) is 6.07 Å². The van der Waals surface area contributed by atoms with Crippen molar-refractivity contribution in [3.8, 4) is 0 Å². The molecule has 0 saturated heterocycles. The van der Waals surface area contributed by atoms with Crippen LogP contribution in [0.3, 0.4) is 0 Å². The van der Waals surface area contributed by atoms with Crippen molar-refractivity contribution in [1.82, 2.24) is 4.98 Å². The second-order valence-electron chi connectivity index (χ2n) is 4.11. The van der Waals surface area contributed by atoms with Crippen LogP contribution in [0.5, 0.6) is 0 Å². The fourth-order valence-electron chi connectivity index (χ4n) is 1.66. The molecule has 0 aliphatic heterocycles. The third-order valence-electron chi connectivity index (χ3n) is 2.59. The van der Waals surface area contributed by atoms with Crippen LogP contribution in [0.15, 0.2) is 36.5 Å². The van der Waals surface area contributed by atoms with E-state index >= 15 is 0 Å². The van der Waals surface area contributed by atoms with Gasteiger partial charge >= 0.3 is 5.97 Å². The van der Waals surface area contributed by atoms with Crippen LogP contribution in [0.4, 0.5) is 5.69 Å². The zero-order chi connectivity index (χ0) is 13.8. The summed E-state index contributed by atoms with van der Waals surface area (Å²) in [4.78, 5) is 26.3. The molecule has 1 unspecified atom stereocenters. The topological polar surface area (TPSA) is 105 Å². The van der Waals surface area contributed by atoms with Gasteiger partial charge in [-0.05, 0) is 12.1 Å². The van der Waals surface area contributed by atoms with Crippen LogP contribution in [0.1, 0.15) is 6.42 Å². The Kier molecular flexibility index (Phi) is 3.72. The van der Waals surface area contributed by atoms with Crippen molar-refractivity contribution >= 4 is 28.5 Å². The van der Waals surface area contributed by atoms with Crippen LogP contribution in [-0.2, 0) is 9.59 Å². The van der Waals surface area contributed by atoms with Crippen molar-refractivity contribution in [3.63, 3.8) is 0 Å². The number of carboxylic acids is 1. The average Bonchev–Trinajstić information content (AvgIpc) is 2.37. The molecular formula is C13H13N3O3. The first-order valence-corrected chi connectivity index (χ1v) is 5.69. The molecule has 0 saturated carbocycles. The summed E-state index contributed by atoms with van der Waals surface area (Å²) in [5.74, 6) is -1.65. The quantitative estimate of drug-likeness (QED) is 0.758. The molecule has 0 bridgehead atoms. The summed E-state index contributed by atoms with van der Waals surface area (Å²) < 4.78 is 0. The molecule has 4 N–H and O–H groups in total. The van der Waals surface area contributed by atoms with Gasteiger partial charge in [-0.3, -0.25) is 14.6 Å². The van der Waals surface area contributed by atoms with E-state index in [2.05, 4.69) is 10.3 Å². The van der Waals surface area contributed by atoms with Crippen LogP contribution in [-0.4, -0.2) is 28.0 Å². The lowest BCUT2D eigenvalue weighted by atomic mass is 10.2. The molecule has 1 aromatic heterocycles. The summed E-state index contributed by atoms with van der Waals surface area (Å²) >= 11 is 0. The highest BCUT2D eigenvalue weighted by molar-refractivity contribution is 5.97. The predicted octanol–water partition coefficient (Wildman–Crippen LogP) is 0.975. The van der Waals surface area contributed by atoms with E-state index in [0.717, 1.165) is 10.9 Å². The number of carboxylic acid groups (broad SMARTS) is 1. The molecule has 2 rings (SSSR count). The van der Waals surface area contributed by atoms with E-state index in [-0.39, 0.29) is 0 Å². The first-order valence-electron chi connectivity index (χ1n) is 5.69. The van der Waals surface area contributed by atoms with Gasteiger partial charge in [0.25, 0.3) is 0 Å². The summed E-state index contributed by atoms with van der Waals surface area (Å²) in [6, 6.07) is 8.14. The van der Waals surface area contributed by atoms with Crippen molar-refractivity contribution in [2.75, 3.05) is 5.32 Å². The highest BCUT2D eigenvalue weighted by atomic mass is 16.4. The van der Waals surface area contributed by atoms with E-state index in [1.165, 1.54) is 6.20 Å². The molecule has 0 aliphatic rings. The second-order valence-corrected chi connectivity index (χ2v) is 4.11. The molecule has 1 heterocycles. The number of benzene rings is 1. The number of carbonyl (C=O) groups excluding carboxylic acids is 1. The lowest BCUT2D eigenvalue weighted by molar-refractivity contribution is -0.138. The maximum absolute atomic E-state index is 11.7. The number of carbonyl (C=O) groups is 2. The highest BCUT2D eigenvalue weighted by Crippen LogP contribution is 2.16. The normalized spacial score (nSPS) is 12.1. The maximum atomic E-state index is 11.7. The fourth-order valence-corrected chi connectivity index (χ4v) is 1.66. The number of nitrogens with one attached hydrogen (secondary N) is 1. The summed E-state index contributed by atoms with van der Waals surface area (Å²) in [6.45, 7) is 0. The molecule has 19 heavy (non-hydrogen) atoms. The van der Waals surface area contributed by atoms with Crippen LogP contribution in [0, 0.1) is 0 Å². The molecule has 1 amide bonds. The zero-order valence-corrected chi connectivity index (χ0v) is 10.0. The molecule has 6 nitrogen and oxygen atoms in total. The molecule has 0 aliphatic carbocycles. The molecule has 1 aromatic carbocycles. The number of fused-ring (bicyclic) bond motifs is 1. The monoisotopic (exact) mass is 259 g/mol. The van der Waals surface area contributed by atoms with Gasteiger partial charge in [0.2, 0.25) is 5.91 Å². The molecule has 2 aromatic rings. The largest absolute Gasteiger partial charge is 0.481 e. The van der Waals surface area contributed by atoms with E-state index in [4.69, 9.17) is 10.8 Å². The lowest BCUT2D eigenvalue weighted by Gasteiger charge is -2.10. The summed E-state index contributed by atoms with van der Waals surface area (Å²) in [7, 11) is 0. The molecule has 0 fully saturated rings. The third kappa shape index (κ3) is 3.26. The Bertz CT molecular complexity index is 627. The number of nitrogens with zero attached hydrogens (tertiary/aromatic N) is 1. The van der Waals surface area contributed by atoms with Crippen LogP contribution in [0.25, 0.3) is 10.9 Å². The molecule has 0 spiro atoms. The number of hydrogen-bond acceptors (Lipinski definition) is 4. The van der Waals surface area contributed by atoms with E-state index < -0.39 is 24.3 Å². The number of aromatic nitrogens is 1. The first-order chi connectivity index (χ1) is 9.06. The summed E-state index contributed by atoms with van der Waals surface area (Å²) in [5, 5.41) is 12.0. The average molecular weight is 259 g/mol. The molecule has 0 radical (unpaired) electrons. The molecular weight excluding hydrogens is 246 g/mol. The lowest BCUT2D eigenvalue weighted by Crippen LogP contribution is -2.37. The van der Waals surface area contributed by atoms with Crippen molar-refractivity contribution in [3.05, 3.63) is 36.5 Å². The Hall–Kier alpha value is -2.47. The molecule has 98 valence electrons. The fraction of sp³-hybridized carbons (Fsp3) is 0.154. The zero-order valence-electron chi connectivity index (χ0n) is 10.0. The van der Waals surface area contributed by atoms with Crippen molar-refractivity contribution in [2.45, 2.75) is 12.5 Å². The Morgan fingerprint density at radius 1 is 1.37 bits per heavy atom. The summed E-state index contributed by atoms with van der Waals surface area (Å²) in [6.07, 6.45) is 1.10. The Morgan fingerprint density at radius 3 is 2.84 bits per heavy atom. The van der Waals surface area contributed by atoms with Crippen LogP contribution in [0.2, 0.25) is 0 Å². The highest BCUT2D eigenvalue weighted by Gasteiger charge is 2.17. The number of anilines is 1. The van der Waals surface area contributed by atoms with Gasteiger partial charge in [-0.2, -0.15) is 0 Å². The Morgan fingerprint density at radius 2 is 2.11 bits per heavy atom. The standard InChI is InChI=1S/C13H13N3O3/c14-10(6-12(17)18)13(19)16-9-5-8-3-1-2-4-11(8)15-7-9/h1-5,7,10H,6,14H2,(H,16,19)(H,17,18). The Balaban J connectivity index is 2.12. The number of aliphatic carboxylic acids is 1. The van der Waals surface area contributed by atoms with Gasteiger partial charge in [-0.25, -0.2) is 0 Å². The number of nitrogens with two attached hydrogens (primary N) is 1. The van der Waals surface area contributed by atoms with Crippen LogP contribution < -0.4 is 11.1 Å². The van der Waals surface area contributed by atoms with Gasteiger partial charge in [0.1, 0.15) is 0 Å². The van der Waals surface area contributed by atoms with Gasteiger partial charge in [-0.1, -0.05) is 18.2 Å². The van der Waals surface area contributed by atoms with Crippen molar-refractivity contribution in [1.29, 1.82) is 0 Å². The summed E-state index contributed by atoms with van der Waals surface area (Å²) in [5.41, 5.74) is 6.77. The number of rotatable bonds is 4. The minimum Gasteiger partial charge on any atom is -0.481 e. The van der Waals surface area contributed by atoms with Gasteiger partial charge in [-0.15, -0.1) is 0 Å². The predicted molar refractivity (Wildman–Crippen MR) is 70.6 cm³/mol. The second kappa shape index (κ2) is 5.45. The SMILES string of the molecule is NC(CC(=O)O)C(=O)Nc1cnc2ccccc2c1. The van der Waals surface area contributed by atoms with Crippen molar-refractivity contribution in [2.24, 2.45) is 5.73 Å². The number of hydrogen-bond donors (Lipinski definition) is 3. The number of amides is 1. The minimum absolute atomic E-state index is 0.410. The van der Waals surface area contributed by atoms with Crippen molar-refractivity contribution < 1.29 is 14.7 Å².